The van der Waals surface area contributed by atoms with Crippen molar-refractivity contribution in [1.29, 1.82) is 0 Å². The Bertz CT molecular complexity index is 1190. The highest BCUT2D eigenvalue weighted by Crippen LogP contribution is 2.29. The average molecular weight is 447 g/mol. The minimum atomic E-state index is -0.683. The molecule has 0 aliphatic rings. The predicted octanol–water partition coefficient (Wildman–Crippen LogP) is 4.29. The molecule has 3 aromatic rings. The largest absolute Gasteiger partial charge is 0.490 e. The van der Waals surface area contributed by atoms with Crippen LogP contribution < -0.4 is 14.9 Å². The van der Waals surface area contributed by atoms with E-state index in [1.165, 1.54) is 36.5 Å². The molecule has 168 valence electrons. The fourth-order valence-corrected chi connectivity index (χ4v) is 2.77. The quantitative estimate of drug-likeness (QED) is 0.181. The lowest BCUT2D eigenvalue weighted by Gasteiger charge is -2.11. The van der Waals surface area contributed by atoms with Gasteiger partial charge in [0.15, 0.2) is 11.5 Å². The lowest BCUT2D eigenvalue weighted by molar-refractivity contribution is -0.384. The van der Waals surface area contributed by atoms with Crippen molar-refractivity contribution in [2.75, 3.05) is 6.61 Å². The van der Waals surface area contributed by atoms with Crippen LogP contribution in [-0.2, 0) is 0 Å². The number of benzene rings is 3. The Hall–Kier alpha value is -4.53. The van der Waals surface area contributed by atoms with Crippen molar-refractivity contribution >= 4 is 23.8 Å². The number of carbonyl (C=O) groups excluding carboxylic acids is 2. The monoisotopic (exact) mass is 447 g/mol. The molecule has 0 saturated carbocycles. The van der Waals surface area contributed by atoms with Gasteiger partial charge in [0.25, 0.3) is 11.6 Å². The molecule has 0 fully saturated rings. The first kappa shape index (κ1) is 23.1. The first-order chi connectivity index (χ1) is 15.9. The van der Waals surface area contributed by atoms with Crippen LogP contribution in [0, 0.1) is 17.0 Å². The van der Waals surface area contributed by atoms with Gasteiger partial charge in [-0.1, -0.05) is 17.7 Å². The van der Waals surface area contributed by atoms with Crippen molar-refractivity contribution in [3.05, 3.63) is 99.1 Å². The van der Waals surface area contributed by atoms with Gasteiger partial charge in [0.2, 0.25) is 0 Å². The van der Waals surface area contributed by atoms with E-state index in [9.17, 15) is 19.7 Å². The van der Waals surface area contributed by atoms with Gasteiger partial charge < -0.3 is 9.47 Å². The Balaban J connectivity index is 1.69. The van der Waals surface area contributed by atoms with E-state index in [2.05, 4.69) is 10.5 Å². The SMILES string of the molecule is CCOc1cc(/C=N/NC(=O)c2ccc(C)cc2)ccc1OC(=O)c1ccc([N+](=O)[O-])cc1. The van der Waals surface area contributed by atoms with Gasteiger partial charge in [-0.05, 0) is 61.9 Å². The van der Waals surface area contributed by atoms with Crippen molar-refractivity contribution in [3.63, 3.8) is 0 Å². The Kier molecular flexibility index (Phi) is 7.48. The molecule has 0 aliphatic heterocycles. The smallest absolute Gasteiger partial charge is 0.343 e. The summed E-state index contributed by atoms with van der Waals surface area (Å²) in [5.41, 5.74) is 4.64. The number of hydrogen-bond donors (Lipinski definition) is 1. The first-order valence-corrected chi connectivity index (χ1v) is 10.0. The van der Waals surface area contributed by atoms with Crippen LogP contribution in [0.2, 0.25) is 0 Å². The summed E-state index contributed by atoms with van der Waals surface area (Å²) in [5.74, 6) is -0.537. The van der Waals surface area contributed by atoms with E-state index >= 15 is 0 Å². The second-order valence-corrected chi connectivity index (χ2v) is 6.90. The number of esters is 1. The zero-order chi connectivity index (χ0) is 23.8. The van der Waals surface area contributed by atoms with E-state index in [4.69, 9.17) is 9.47 Å². The van der Waals surface area contributed by atoms with Gasteiger partial charge in [0.05, 0.1) is 23.3 Å². The molecule has 0 atom stereocenters. The Labute approximate surface area is 189 Å². The number of nitro benzene ring substituents is 1. The van der Waals surface area contributed by atoms with E-state index in [0.29, 0.717) is 23.5 Å². The molecule has 0 spiro atoms. The molecular formula is C24H21N3O6. The number of carbonyl (C=O) groups is 2. The van der Waals surface area contributed by atoms with Gasteiger partial charge in [0, 0.05) is 17.7 Å². The van der Waals surface area contributed by atoms with E-state index in [-0.39, 0.29) is 22.9 Å². The molecule has 3 rings (SSSR count). The number of non-ortho nitro benzene ring substituents is 1. The van der Waals surface area contributed by atoms with E-state index in [1.807, 2.05) is 19.1 Å². The van der Waals surface area contributed by atoms with E-state index in [1.54, 1.807) is 31.2 Å². The minimum absolute atomic E-state index is 0.125. The third-order valence-electron chi connectivity index (χ3n) is 4.48. The molecule has 0 heterocycles. The molecule has 9 nitrogen and oxygen atoms in total. The topological polar surface area (TPSA) is 120 Å². The number of hydrogen-bond acceptors (Lipinski definition) is 7. The lowest BCUT2D eigenvalue weighted by atomic mass is 10.1. The number of nitrogens with one attached hydrogen (secondary N) is 1. The summed E-state index contributed by atoms with van der Waals surface area (Å²) in [6.45, 7) is 4.04. The summed E-state index contributed by atoms with van der Waals surface area (Å²) in [6, 6.07) is 17.0. The van der Waals surface area contributed by atoms with Crippen molar-refractivity contribution in [1.82, 2.24) is 5.43 Å². The number of rotatable bonds is 8. The maximum Gasteiger partial charge on any atom is 0.343 e. The Morgan fingerprint density at radius 1 is 1.00 bits per heavy atom. The van der Waals surface area contributed by atoms with Gasteiger partial charge >= 0.3 is 5.97 Å². The molecule has 0 saturated heterocycles. The number of ether oxygens (including phenoxy) is 2. The lowest BCUT2D eigenvalue weighted by Crippen LogP contribution is -2.17. The van der Waals surface area contributed by atoms with Crippen LogP contribution in [0.1, 0.15) is 38.8 Å². The van der Waals surface area contributed by atoms with Crippen molar-refractivity contribution in [3.8, 4) is 11.5 Å². The van der Waals surface area contributed by atoms with Crippen LogP contribution in [0.15, 0.2) is 71.8 Å². The normalized spacial score (nSPS) is 10.6. The number of aryl methyl sites for hydroxylation is 1. The minimum Gasteiger partial charge on any atom is -0.490 e. The third-order valence-corrected chi connectivity index (χ3v) is 4.48. The van der Waals surface area contributed by atoms with Gasteiger partial charge in [0.1, 0.15) is 0 Å². The second kappa shape index (κ2) is 10.7. The van der Waals surface area contributed by atoms with Crippen molar-refractivity contribution in [2.45, 2.75) is 13.8 Å². The van der Waals surface area contributed by atoms with E-state index < -0.39 is 10.9 Å². The molecule has 0 radical (unpaired) electrons. The third kappa shape index (κ3) is 6.23. The zero-order valence-electron chi connectivity index (χ0n) is 18.0. The van der Waals surface area contributed by atoms with E-state index in [0.717, 1.165) is 5.56 Å². The summed E-state index contributed by atoms with van der Waals surface area (Å²) < 4.78 is 11.0. The van der Waals surface area contributed by atoms with Crippen LogP contribution in [0.4, 0.5) is 5.69 Å². The van der Waals surface area contributed by atoms with Crippen LogP contribution in [0.3, 0.4) is 0 Å². The van der Waals surface area contributed by atoms with Gasteiger partial charge in [-0.3, -0.25) is 14.9 Å². The second-order valence-electron chi connectivity index (χ2n) is 6.90. The Morgan fingerprint density at radius 2 is 1.67 bits per heavy atom. The fraction of sp³-hybridized carbons (Fsp3) is 0.125. The van der Waals surface area contributed by atoms with Crippen LogP contribution >= 0.6 is 0 Å². The average Bonchev–Trinajstić information content (AvgIpc) is 2.81. The summed E-state index contributed by atoms with van der Waals surface area (Å²) in [7, 11) is 0. The highest BCUT2D eigenvalue weighted by molar-refractivity contribution is 5.95. The van der Waals surface area contributed by atoms with Gasteiger partial charge in [-0.15, -0.1) is 0 Å². The molecule has 0 aliphatic carbocycles. The molecule has 0 bridgehead atoms. The summed E-state index contributed by atoms with van der Waals surface area (Å²) in [5, 5.41) is 14.7. The molecular weight excluding hydrogens is 426 g/mol. The maximum absolute atomic E-state index is 12.4. The Morgan fingerprint density at radius 3 is 2.30 bits per heavy atom. The summed E-state index contributed by atoms with van der Waals surface area (Å²) in [4.78, 5) is 34.8. The molecule has 33 heavy (non-hydrogen) atoms. The van der Waals surface area contributed by atoms with Crippen LogP contribution in [0.5, 0.6) is 11.5 Å². The first-order valence-electron chi connectivity index (χ1n) is 10.0. The number of nitro groups is 1. The standard InChI is InChI=1S/C24H21N3O6/c1-3-32-22-14-17(15-25-26-23(28)18-7-4-16(2)5-8-18)6-13-21(22)33-24(29)19-9-11-20(12-10-19)27(30)31/h4-15H,3H2,1-2H3,(H,26,28)/b25-15+. The molecule has 0 unspecified atom stereocenters. The maximum atomic E-state index is 12.4. The summed E-state index contributed by atoms with van der Waals surface area (Å²) >= 11 is 0. The number of amides is 1. The highest BCUT2D eigenvalue weighted by Gasteiger charge is 2.15. The van der Waals surface area contributed by atoms with Crippen LogP contribution in [-0.4, -0.2) is 29.6 Å². The number of hydrazone groups is 1. The van der Waals surface area contributed by atoms with Crippen molar-refractivity contribution in [2.24, 2.45) is 5.10 Å². The van der Waals surface area contributed by atoms with Gasteiger partial charge in [-0.2, -0.15) is 5.10 Å². The highest BCUT2D eigenvalue weighted by atomic mass is 16.6. The van der Waals surface area contributed by atoms with Gasteiger partial charge in [-0.25, -0.2) is 10.2 Å². The van der Waals surface area contributed by atoms with Crippen molar-refractivity contribution < 1.29 is 24.0 Å². The molecule has 1 amide bonds. The summed E-state index contributed by atoms with van der Waals surface area (Å²) in [6.07, 6.45) is 1.44. The number of nitrogens with zero attached hydrogens (tertiary/aromatic N) is 2. The predicted molar refractivity (Wildman–Crippen MR) is 122 cm³/mol. The molecule has 0 aromatic heterocycles. The molecule has 9 heteroatoms. The fourth-order valence-electron chi connectivity index (χ4n) is 2.77. The van der Waals surface area contributed by atoms with Crippen LogP contribution in [0.25, 0.3) is 0 Å². The molecule has 3 aromatic carbocycles. The molecule has 1 N–H and O–H groups in total. The zero-order valence-corrected chi connectivity index (χ0v) is 18.0.